The van der Waals surface area contributed by atoms with Crippen molar-refractivity contribution in [1.29, 1.82) is 0 Å². The monoisotopic (exact) mass is 501 g/mol. The minimum Gasteiger partial charge on any atom is -0.493 e. The van der Waals surface area contributed by atoms with Gasteiger partial charge in [-0.25, -0.2) is 9.97 Å². The molecule has 1 unspecified atom stereocenters. The first-order chi connectivity index (χ1) is 17.3. The van der Waals surface area contributed by atoms with Gasteiger partial charge < -0.3 is 39.4 Å². The Labute approximate surface area is 215 Å². The second-order valence-corrected chi connectivity index (χ2v) is 8.77. The number of methoxy groups -OCH3 is 2. The lowest BCUT2D eigenvalue weighted by Gasteiger charge is -2.27. The van der Waals surface area contributed by atoms with Gasteiger partial charge in [-0.1, -0.05) is 0 Å². The molecule has 0 aliphatic carbocycles. The first kappa shape index (κ1) is 26.8. The molecule has 198 valence electrons. The summed E-state index contributed by atoms with van der Waals surface area (Å²) in [5.74, 6) is 3.39. The molecule has 0 saturated heterocycles. The van der Waals surface area contributed by atoms with Gasteiger partial charge in [0.25, 0.3) is 5.88 Å². The second kappa shape index (κ2) is 12.8. The van der Waals surface area contributed by atoms with E-state index in [1.165, 1.54) is 0 Å². The Kier molecular flexibility index (Phi) is 9.48. The van der Waals surface area contributed by atoms with E-state index in [1.54, 1.807) is 32.7 Å². The summed E-state index contributed by atoms with van der Waals surface area (Å²) < 4.78 is 22.4. The van der Waals surface area contributed by atoms with Gasteiger partial charge in [0, 0.05) is 33.4 Å². The van der Waals surface area contributed by atoms with Crippen molar-refractivity contribution in [3.8, 4) is 23.1 Å². The van der Waals surface area contributed by atoms with Crippen LogP contribution >= 0.6 is 0 Å². The Hall–Kier alpha value is -3.83. The molecule has 2 aromatic heterocycles. The number of anilines is 4. The molecule has 2 N–H and O–H groups in total. The Balaban J connectivity index is 0.00000113. The molecule has 3 aromatic rings. The van der Waals surface area contributed by atoms with E-state index in [0.717, 1.165) is 17.9 Å². The molecule has 0 fully saturated rings. The van der Waals surface area contributed by atoms with Crippen LogP contribution in [0, 0.1) is 0 Å². The number of rotatable bonds is 8. The molecule has 3 heterocycles. The summed E-state index contributed by atoms with van der Waals surface area (Å²) in [6, 6.07) is 9.10. The average Bonchev–Trinajstić information content (AvgIpc) is 2.83. The fraction of sp³-hybridized carbons (Fsp3) is 0.400. The van der Waals surface area contributed by atoms with Crippen LogP contribution in [-0.2, 0) is 0 Å². The van der Waals surface area contributed by atoms with E-state index in [4.69, 9.17) is 18.9 Å². The van der Waals surface area contributed by atoms with E-state index >= 15 is 0 Å². The first-order valence-electron chi connectivity index (χ1n) is 11.4. The third-order valence-corrected chi connectivity index (χ3v) is 4.66. The number of aromatic nitrogens is 3. The van der Waals surface area contributed by atoms with Gasteiger partial charge in [0.2, 0.25) is 5.95 Å². The molecule has 11 nitrogen and oxygen atoms in total. The molecule has 0 bridgehead atoms. The Bertz CT molecular complexity index is 1140. The molecule has 0 radical (unpaired) electrons. The standard InChI is InChI=1S/C22H26N6O4.C3H9N.2H2/c1-28(2)12-16-13-31-19-10-15(11-24-21(19)32-16)25-20-7-8-23-22(27-20)26-14-5-6-17(29-3)18(9-14)30-4;1-4(2)3;;/h5-11,16H,12-13H2,1-4H3,(H2,23,25,26,27);1-3H3;2*1H. The molecule has 0 saturated carbocycles. The van der Waals surface area contributed by atoms with E-state index < -0.39 is 0 Å². The summed E-state index contributed by atoms with van der Waals surface area (Å²) in [5.41, 5.74) is 1.50. The smallest absolute Gasteiger partial charge is 0.257 e. The number of nitrogens with zero attached hydrogens (tertiary/aromatic N) is 5. The zero-order valence-electron chi connectivity index (χ0n) is 21.9. The van der Waals surface area contributed by atoms with E-state index in [2.05, 4.69) is 30.5 Å². The molecule has 0 amide bonds. The molecular formula is C25H39N7O4. The highest BCUT2D eigenvalue weighted by molar-refractivity contribution is 5.63. The van der Waals surface area contributed by atoms with Crippen molar-refractivity contribution in [2.75, 3.05) is 73.2 Å². The fourth-order valence-corrected chi connectivity index (χ4v) is 3.24. The first-order valence-corrected chi connectivity index (χ1v) is 11.4. The average molecular weight is 502 g/mol. The van der Waals surface area contributed by atoms with Gasteiger partial charge in [0.1, 0.15) is 18.5 Å². The summed E-state index contributed by atoms with van der Waals surface area (Å²) in [6.07, 6.45) is 3.30. The van der Waals surface area contributed by atoms with Gasteiger partial charge >= 0.3 is 0 Å². The minimum absolute atomic E-state index is 0. The van der Waals surface area contributed by atoms with E-state index in [-0.39, 0.29) is 8.96 Å². The quantitative estimate of drug-likeness (QED) is 0.471. The number of fused-ring (bicyclic) bond motifs is 1. The zero-order chi connectivity index (χ0) is 26.1. The van der Waals surface area contributed by atoms with Crippen molar-refractivity contribution in [3.05, 3.63) is 42.7 Å². The van der Waals surface area contributed by atoms with E-state index in [9.17, 15) is 0 Å². The molecule has 4 rings (SSSR count). The normalized spacial score (nSPS) is 14.1. The molecule has 11 heteroatoms. The summed E-state index contributed by atoms with van der Waals surface area (Å²) in [5, 5.41) is 6.39. The maximum Gasteiger partial charge on any atom is 0.257 e. The van der Waals surface area contributed by atoms with Crippen LogP contribution in [0.1, 0.15) is 2.85 Å². The van der Waals surface area contributed by atoms with Crippen molar-refractivity contribution in [3.63, 3.8) is 0 Å². The lowest BCUT2D eigenvalue weighted by atomic mass is 10.3. The largest absolute Gasteiger partial charge is 0.493 e. The fourth-order valence-electron chi connectivity index (χ4n) is 3.24. The van der Waals surface area contributed by atoms with Gasteiger partial charge in [-0.15, -0.1) is 0 Å². The number of hydrogen-bond acceptors (Lipinski definition) is 11. The number of nitrogens with one attached hydrogen (secondary N) is 2. The van der Waals surface area contributed by atoms with Crippen LogP contribution in [0.25, 0.3) is 0 Å². The lowest BCUT2D eigenvalue weighted by Crippen LogP contribution is -2.38. The molecule has 36 heavy (non-hydrogen) atoms. The van der Waals surface area contributed by atoms with Crippen molar-refractivity contribution in [1.82, 2.24) is 24.8 Å². The summed E-state index contributed by atoms with van der Waals surface area (Å²) in [7, 11) is 13.2. The van der Waals surface area contributed by atoms with Crippen molar-refractivity contribution < 1.29 is 21.8 Å². The minimum atomic E-state index is -0.0455. The number of likely N-dealkylation sites (N-methyl/N-ethyl adjacent to an activating group) is 1. The zero-order valence-corrected chi connectivity index (χ0v) is 21.9. The SMILES string of the molecule is CN(C)C.COc1ccc(Nc2nccc(Nc3cnc4c(c3)OCC(CN(C)C)O4)n2)cc1OC.[HH].[HH]. The highest BCUT2D eigenvalue weighted by atomic mass is 16.6. The topological polar surface area (TPSA) is 106 Å². The maximum absolute atomic E-state index is 5.91. The molecule has 1 atom stereocenters. The van der Waals surface area contributed by atoms with Gasteiger partial charge in [0.05, 0.1) is 26.1 Å². The summed E-state index contributed by atoms with van der Waals surface area (Å²) >= 11 is 0. The van der Waals surface area contributed by atoms with Crippen LogP contribution in [0.15, 0.2) is 42.7 Å². The third-order valence-electron chi connectivity index (χ3n) is 4.66. The third kappa shape index (κ3) is 7.85. The Morgan fingerprint density at radius 3 is 2.42 bits per heavy atom. The maximum atomic E-state index is 5.91. The molecule has 1 aromatic carbocycles. The predicted molar refractivity (Wildman–Crippen MR) is 145 cm³/mol. The van der Waals surface area contributed by atoms with Gasteiger partial charge in [-0.05, 0) is 53.4 Å². The predicted octanol–water partition coefficient (Wildman–Crippen LogP) is 3.75. The van der Waals surface area contributed by atoms with Crippen LogP contribution in [0.2, 0.25) is 0 Å². The van der Waals surface area contributed by atoms with Crippen molar-refractivity contribution in [2.45, 2.75) is 6.10 Å². The van der Waals surface area contributed by atoms with Crippen LogP contribution < -0.4 is 29.6 Å². The Morgan fingerprint density at radius 1 is 0.972 bits per heavy atom. The van der Waals surface area contributed by atoms with Crippen molar-refractivity contribution >= 4 is 23.1 Å². The number of ether oxygens (including phenoxy) is 4. The Morgan fingerprint density at radius 2 is 1.72 bits per heavy atom. The number of pyridine rings is 1. The number of benzene rings is 1. The second-order valence-electron chi connectivity index (χ2n) is 8.77. The molecule has 0 spiro atoms. The van der Waals surface area contributed by atoms with Gasteiger partial charge in [0.15, 0.2) is 17.2 Å². The molecular weight excluding hydrogens is 462 g/mol. The molecule has 1 aliphatic heterocycles. The number of hydrogen-bond donors (Lipinski definition) is 2. The highest BCUT2D eigenvalue weighted by Crippen LogP contribution is 2.33. The van der Waals surface area contributed by atoms with Crippen LogP contribution in [-0.4, -0.2) is 93.5 Å². The van der Waals surface area contributed by atoms with E-state index in [1.807, 2.05) is 64.4 Å². The summed E-state index contributed by atoms with van der Waals surface area (Å²) in [4.78, 5) is 17.2. The van der Waals surface area contributed by atoms with E-state index in [0.29, 0.717) is 41.5 Å². The van der Waals surface area contributed by atoms with Crippen molar-refractivity contribution in [2.24, 2.45) is 0 Å². The van der Waals surface area contributed by atoms with Crippen LogP contribution in [0.3, 0.4) is 0 Å². The summed E-state index contributed by atoms with van der Waals surface area (Å²) in [6.45, 7) is 1.24. The van der Waals surface area contributed by atoms with Crippen LogP contribution in [0.4, 0.5) is 23.1 Å². The highest BCUT2D eigenvalue weighted by Gasteiger charge is 2.23. The lowest BCUT2D eigenvalue weighted by molar-refractivity contribution is 0.0658. The van der Waals surface area contributed by atoms with Crippen LogP contribution in [0.5, 0.6) is 23.1 Å². The molecule has 1 aliphatic rings. The van der Waals surface area contributed by atoms with Gasteiger partial charge in [-0.2, -0.15) is 4.98 Å². The van der Waals surface area contributed by atoms with Gasteiger partial charge in [-0.3, -0.25) is 0 Å².